The van der Waals surface area contributed by atoms with Gasteiger partial charge in [0.1, 0.15) is 5.84 Å². The maximum atomic E-state index is 12.5. The van der Waals surface area contributed by atoms with Gasteiger partial charge in [0.2, 0.25) is 12.3 Å². The monoisotopic (exact) mass is 452 g/mol. The lowest BCUT2D eigenvalue weighted by molar-refractivity contribution is -0.121. The molecule has 1 fully saturated rings. The molecule has 0 aromatic rings. The lowest BCUT2D eigenvalue weighted by Gasteiger charge is -2.34. The van der Waals surface area contributed by atoms with E-state index in [2.05, 4.69) is 29.5 Å². The van der Waals surface area contributed by atoms with Gasteiger partial charge < -0.3 is 15.6 Å². The van der Waals surface area contributed by atoms with E-state index < -0.39 is 6.43 Å². The fourth-order valence-electron chi connectivity index (χ4n) is 3.72. The largest absolute Gasteiger partial charge is 0.351 e. The molecule has 0 saturated carbocycles. The molecule has 0 aromatic carbocycles. The molecule has 0 spiro atoms. The van der Waals surface area contributed by atoms with Crippen LogP contribution in [0.5, 0.6) is 0 Å². The molecule has 2 aliphatic heterocycles. The number of halogens is 2. The first-order valence-electron chi connectivity index (χ1n) is 11.0. The number of amides is 1. The number of nitrogens with one attached hydrogen (secondary N) is 2. The van der Waals surface area contributed by atoms with Crippen molar-refractivity contribution in [3.63, 3.8) is 0 Å². The van der Waals surface area contributed by atoms with Gasteiger partial charge >= 0.3 is 0 Å². The van der Waals surface area contributed by atoms with Crippen LogP contribution in [0.3, 0.4) is 0 Å². The summed E-state index contributed by atoms with van der Waals surface area (Å²) in [4.78, 5) is 19.0. The van der Waals surface area contributed by atoms with Crippen molar-refractivity contribution in [1.29, 1.82) is 5.41 Å². The zero-order chi connectivity index (χ0) is 23.0. The smallest absolute Gasteiger partial charge is 0.242 e. The average Bonchev–Trinajstić information content (AvgIpc) is 3.16. The summed E-state index contributed by atoms with van der Waals surface area (Å²) in [7, 11) is 0. The van der Waals surface area contributed by atoms with Crippen molar-refractivity contribution >= 4 is 29.2 Å². The zero-order valence-electron chi connectivity index (χ0n) is 18.8. The number of carbonyl (C=O) groups is 1. The van der Waals surface area contributed by atoms with Gasteiger partial charge in [-0.15, -0.1) is 11.8 Å². The van der Waals surface area contributed by atoms with Crippen LogP contribution >= 0.6 is 11.8 Å². The van der Waals surface area contributed by atoms with Crippen molar-refractivity contribution in [3.8, 4) is 0 Å². The molecule has 0 bridgehead atoms. The number of hydrogen-bond acceptors (Lipinski definition) is 5. The molecule has 31 heavy (non-hydrogen) atoms. The number of carbonyl (C=O) groups excluding carboxylic acids is 1. The number of hydrogen-bond donors (Lipinski definition) is 2. The Hall–Kier alpha value is -1.96. The zero-order valence-corrected chi connectivity index (χ0v) is 19.6. The number of aliphatic imine (C=N–C) groups is 1. The number of allylic oxidation sites excluding steroid dienone is 3. The SMILES string of the molecule is C/C=C\SC(C1=NCC(C(=N)/C=C\CC(F)F)=C2CC(NC(=O)CC)CN12)C(C)CC. The van der Waals surface area contributed by atoms with Crippen molar-refractivity contribution in [3.05, 3.63) is 34.9 Å². The molecule has 5 nitrogen and oxygen atoms in total. The van der Waals surface area contributed by atoms with Crippen LogP contribution in [-0.2, 0) is 4.79 Å². The lowest BCUT2D eigenvalue weighted by atomic mass is 9.99. The van der Waals surface area contributed by atoms with Gasteiger partial charge in [0.25, 0.3) is 0 Å². The first-order chi connectivity index (χ1) is 14.8. The van der Waals surface area contributed by atoms with Gasteiger partial charge in [0.15, 0.2) is 0 Å². The predicted molar refractivity (Wildman–Crippen MR) is 126 cm³/mol. The molecule has 3 unspecified atom stereocenters. The molecule has 2 aliphatic rings. The second-order valence-electron chi connectivity index (χ2n) is 7.89. The van der Waals surface area contributed by atoms with Crippen molar-refractivity contribution in [2.45, 2.75) is 71.1 Å². The normalized spacial score (nSPS) is 21.1. The molecule has 2 rings (SSSR count). The fraction of sp³-hybridized carbons (Fsp3) is 0.609. The number of fused-ring (bicyclic) bond motifs is 1. The summed E-state index contributed by atoms with van der Waals surface area (Å²) in [6.45, 7) is 9.16. The molecule has 0 aromatic heterocycles. The van der Waals surface area contributed by atoms with Gasteiger partial charge in [-0.2, -0.15) is 0 Å². The van der Waals surface area contributed by atoms with Crippen LogP contribution in [0.15, 0.2) is 39.9 Å². The van der Waals surface area contributed by atoms with Gasteiger partial charge in [-0.25, -0.2) is 8.78 Å². The summed E-state index contributed by atoms with van der Waals surface area (Å²) < 4.78 is 25.0. The van der Waals surface area contributed by atoms with Gasteiger partial charge in [0.05, 0.1) is 23.5 Å². The van der Waals surface area contributed by atoms with Crippen molar-refractivity contribution in [2.24, 2.45) is 10.9 Å². The van der Waals surface area contributed by atoms with Crippen LogP contribution in [0.2, 0.25) is 0 Å². The number of thioether (sulfide) groups is 1. The maximum Gasteiger partial charge on any atom is 0.242 e. The Bertz CT molecular complexity index is 776. The third kappa shape index (κ3) is 6.76. The van der Waals surface area contributed by atoms with Crippen LogP contribution in [0, 0.1) is 11.3 Å². The predicted octanol–water partition coefficient (Wildman–Crippen LogP) is 5.17. The first kappa shape index (κ1) is 25.3. The topological polar surface area (TPSA) is 68.5 Å². The Kier molecular flexibility index (Phi) is 9.93. The highest BCUT2D eigenvalue weighted by Crippen LogP contribution is 2.35. The number of rotatable bonds is 11. The number of nitrogens with zero attached hydrogens (tertiary/aromatic N) is 2. The summed E-state index contributed by atoms with van der Waals surface area (Å²) in [5, 5.41) is 13.8. The van der Waals surface area contributed by atoms with Gasteiger partial charge in [-0.05, 0) is 24.3 Å². The summed E-state index contributed by atoms with van der Waals surface area (Å²) in [5.41, 5.74) is 1.95. The van der Waals surface area contributed by atoms with E-state index in [0.29, 0.717) is 31.8 Å². The highest BCUT2D eigenvalue weighted by Gasteiger charge is 2.39. The number of amidine groups is 1. The summed E-state index contributed by atoms with van der Waals surface area (Å²) >= 11 is 1.74. The lowest BCUT2D eigenvalue weighted by Crippen LogP contribution is -2.43. The molecule has 2 N–H and O–H groups in total. The minimum Gasteiger partial charge on any atom is -0.351 e. The Labute approximate surface area is 188 Å². The van der Waals surface area contributed by atoms with E-state index in [9.17, 15) is 13.6 Å². The van der Waals surface area contributed by atoms with Crippen LogP contribution < -0.4 is 5.32 Å². The molecular weight excluding hydrogens is 418 g/mol. The van der Waals surface area contributed by atoms with E-state index in [-0.39, 0.29) is 29.3 Å². The first-order valence-corrected chi connectivity index (χ1v) is 11.9. The Balaban J connectivity index is 2.35. The third-order valence-electron chi connectivity index (χ3n) is 5.58. The third-order valence-corrected chi connectivity index (χ3v) is 6.98. The van der Waals surface area contributed by atoms with Crippen LogP contribution in [-0.4, -0.2) is 53.2 Å². The quantitative estimate of drug-likeness (QED) is 0.425. The molecule has 3 atom stereocenters. The number of alkyl halides is 2. The average molecular weight is 453 g/mol. The Morgan fingerprint density at radius 3 is 2.77 bits per heavy atom. The fourth-order valence-corrected chi connectivity index (χ4v) is 4.83. The standard InChI is InChI=1S/C23H34F2N4OS/c1-5-11-31-22(15(4)6-2)23-27-13-17(18(26)9-8-10-20(24)25)19-12-16(14-29(19)23)28-21(30)7-3/h5,8-9,11,15-16,20,22,26H,6-7,10,12-14H2,1-4H3,(H,28,30)/b9-8-,11-5-,26-18?. The molecular formula is C23H34F2N4OS. The molecule has 0 aliphatic carbocycles. The van der Waals surface area contributed by atoms with E-state index in [0.717, 1.165) is 23.5 Å². The Morgan fingerprint density at radius 2 is 2.16 bits per heavy atom. The van der Waals surface area contributed by atoms with E-state index in [1.54, 1.807) is 11.8 Å². The molecule has 2 heterocycles. The molecule has 8 heteroatoms. The van der Waals surface area contributed by atoms with Gasteiger partial charge in [-0.3, -0.25) is 9.79 Å². The van der Waals surface area contributed by atoms with Gasteiger partial charge in [0, 0.05) is 37.1 Å². The van der Waals surface area contributed by atoms with Crippen LogP contribution in [0.1, 0.15) is 53.4 Å². The van der Waals surface area contributed by atoms with Crippen molar-refractivity contribution in [2.75, 3.05) is 13.1 Å². The second kappa shape index (κ2) is 12.2. The highest BCUT2D eigenvalue weighted by atomic mass is 32.2. The summed E-state index contributed by atoms with van der Waals surface area (Å²) in [5.74, 6) is 1.38. The Morgan fingerprint density at radius 1 is 1.42 bits per heavy atom. The minimum absolute atomic E-state index is 0.000779. The molecule has 172 valence electrons. The van der Waals surface area contributed by atoms with E-state index in [1.807, 2.05) is 19.9 Å². The second-order valence-corrected chi connectivity index (χ2v) is 8.94. The van der Waals surface area contributed by atoms with Crippen molar-refractivity contribution < 1.29 is 13.6 Å². The van der Waals surface area contributed by atoms with E-state index in [1.165, 1.54) is 12.2 Å². The maximum absolute atomic E-state index is 12.5. The minimum atomic E-state index is -2.42. The summed E-state index contributed by atoms with van der Waals surface area (Å²) in [6.07, 6.45) is 4.07. The molecule has 1 amide bonds. The highest BCUT2D eigenvalue weighted by molar-refractivity contribution is 8.03. The van der Waals surface area contributed by atoms with E-state index in [4.69, 9.17) is 10.4 Å². The van der Waals surface area contributed by atoms with Crippen molar-refractivity contribution in [1.82, 2.24) is 10.2 Å². The molecule has 0 radical (unpaired) electrons. The van der Waals surface area contributed by atoms with Crippen LogP contribution in [0.25, 0.3) is 0 Å². The van der Waals surface area contributed by atoms with Crippen LogP contribution in [0.4, 0.5) is 8.78 Å². The van der Waals surface area contributed by atoms with E-state index >= 15 is 0 Å². The summed E-state index contributed by atoms with van der Waals surface area (Å²) in [6, 6.07) is -0.0529. The van der Waals surface area contributed by atoms with Gasteiger partial charge in [-0.1, -0.05) is 39.3 Å². The molecule has 1 saturated heterocycles.